The third-order valence-corrected chi connectivity index (χ3v) is 6.96. The van der Waals surface area contributed by atoms with Gasteiger partial charge in [0.15, 0.2) is 0 Å². The molecule has 1 aliphatic rings. The van der Waals surface area contributed by atoms with Gasteiger partial charge in [0.2, 0.25) is 15.8 Å². The molecular formula is C22H24N4O6S. The molecule has 2 aromatic carbocycles. The summed E-state index contributed by atoms with van der Waals surface area (Å²) in [6, 6.07) is 10.1. The predicted molar refractivity (Wildman–Crippen MR) is 121 cm³/mol. The van der Waals surface area contributed by atoms with Crippen LogP contribution < -0.4 is 10.0 Å². The van der Waals surface area contributed by atoms with Crippen LogP contribution in [0.2, 0.25) is 0 Å². The van der Waals surface area contributed by atoms with Crippen molar-refractivity contribution < 1.29 is 27.6 Å². The largest absolute Gasteiger partial charge is 0.506 e. The van der Waals surface area contributed by atoms with E-state index >= 15 is 0 Å². The SMILES string of the molecule is CNc1cc(-c2nc(-c3cccc4c3CCC4NS(=O)(=O)CCC(=O)OC)no2)ccc1O. The van der Waals surface area contributed by atoms with Gasteiger partial charge in [0, 0.05) is 24.2 Å². The summed E-state index contributed by atoms with van der Waals surface area (Å²) in [6.45, 7) is 0. The molecule has 1 aliphatic carbocycles. The van der Waals surface area contributed by atoms with Gasteiger partial charge in [-0.2, -0.15) is 4.98 Å². The molecule has 0 aliphatic heterocycles. The molecule has 3 aromatic rings. The lowest BCUT2D eigenvalue weighted by Crippen LogP contribution is -2.30. The quantitative estimate of drug-likeness (QED) is 0.333. The Hall–Kier alpha value is -3.44. The van der Waals surface area contributed by atoms with E-state index in [0.29, 0.717) is 35.8 Å². The number of fused-ring (bicyclic) bond motifs is 1. The van der Waals surface area contributed by atoms with Crippen molar-refractivity contribution in [1.29, 1.82) is 0 Å². The zero-order valence-corrected chi connectivity index (χ0v) is 19.0. The lowest BCUT2D eigenvalue weighted by Gasteiger charge is -2.14. The number of carbonyl (C=O) groups is 1. The van der Waals surface area contributed by atoms with Crippen LogP contribution in [0, 0.1) is 0 Å². The van der Waals surface area contributed by atoms with E-state index in [1.54, 1.807) is 25.2 Å². The van der Waals surface area contributed by atoms with Crippen molar-refractivity contribution in [3.05, 3.63) is 47.5 Å². The van der Waals surface area contributed by atoms with Crippen LogP contribution >= 0.6 is 0 Å². The van der Waals surface area contributed by atoms with Crippen molar-refractivity contribution in [2.45, 2.75) is 25.3 Å². The Morgan fingerprint density at radius 2 is 2.12 bits per heavy atom. The molecule has 0 amide bonds. The maximum Gasteiger partial charge on any atom is 0.306 e. The van der Waals surface area contributed by atoms with Crippen LogP contribution in [-0.2, 0) is 26.0 Å². The monoisotopic (exact) mass is 472 g/mol. The van der Waals surface area contributed by atoms with E-state index in [2.05, 4.69) is 24.9 Å². The number of aromatic nitrogens is 2. The first-order chi connectivity index (χ1) is 15.8. The molecule has 1 atom stereocenters. The number of hydrogen-bond donors (Lipinski definition) is 3. The number of methoxy groups -OCH3 is 1. The Bertz CT molecular complexity index is 1290. The van der Waals surface area contributed by atoms with Gasteiger partial charge in [-0.1, -0.05) is 23.4 Å². The van der Waals surface area contributed by atoms with E-state index in [1.165, 1.54) is 7.11 Å². The van der Waals surface area contributed by atoms with Crippen molar-refractivity contribution >= 4 is 21.7 Å². The normalized spacial score (nSPS) is 15.3. The van der Waals surface area contributed by atoms with Crippen molar-refractivity contribution in [3.8, 4) is 28.6 Å². The number of ether oxygens (including phenoxy) is 1. The second kappa shape index (κ2) is 9.20. The van der Waals surface area contributed by atoms with E-state index in [1.807, 2.05) is 18.2 Å². The summed E-state index contributed by atoms with van der Waals surface area (Å²) in [5.74, 6) is -0.0900. The molecule has 11 heteroatoms. The summed E-state index contributed by atoms with van der Waals surface area (Å²) in [7, 11) is -0.736. The van der Waals surface area contributed by atoms with Gasteiger partial charge < -0.3 is 19.7 Å². The van der Waals surface area contributed by atoms with Crippen LogP contribution in [0.1, 0.15) is 30.0 Å². The molecule has 0 spiro atoms. The first kappa shape index (κ1) is 22.7. The molecule has 0 bridgehead atoms. The molecule has 0 radical (unpaired) electrons. The summed E-state index contributed by atoms with van der Waals surface area (Å²) >= 11 is 0. The molecule has 10 nitrogen and oxygen atoms in total. The second-order valence-electron chi connectivity index (χ2n) is 7.63. The first-order valence-corrected chi connectivity index (χ1v) is 12.0. The summed E-state index contributed by atoms with van der Waals surface area (Å²) in [6.07, 6.45) is 1.02. The molecule has 33 heavy (non-hydrogen) atoms. The molecule has 3 N–H and O–H groups in total. The highest BCUT2D eigenvalue weighted by molar-refractivity contribution is 7.89. The highest BCUT2D eigenvalue weighted by atomic mass is 32.2. The van der Waals surface area contributed by atoms with Gasteiger partial charge >= 0.3 is 5.97 Å². The molecule has 4 rings (SSSR count). The number of benzene rings is 2. The van der Waals surface area contributed by atoms with Crippen molar-refractivity contribution in [3.63, 3.8) is 0 Å². The summed E-state index contributed by atoms with van der Waals surface area (Å²) in [5, 5.41) is 16.9. The van der Waals surface area contributed by atoms with Crippen molar-refractivity contribution in [2.75, 3.05) is 25.2 Å². The predicted octanol–water partition coefficient (Wildman–Crippen LogP) is 2.62. The van der Waals surface area contributed by atoms with Crippen LogP contribution in [0.3, 0.4) is 0 Å². The fourth-order valence-electron chi connectivity index (χ4n) is 3.90. The minimum atomic E-state index is -3.66. The Kier molecular flexibility index (Phi) is 6.34. The smallest absolute Gasteiger partial charge is 0.306 e. The maximum absolute atomic E-state index is 12.4. The van der Waals surface area contributed by atoms with Crippen LogP contribution in [0.4, 0.5) is 5.69 Å². The topological polar surface area (TPSA) is 144 Å². The highest BCUT2D eigenvalue weighted by Gasteiger charge is 2.29. The van der Waals surface area contributed by atoms with Crippen LogP contribution in [0.25, 0.3) is 22.8 Å². The van der Waals surface area contributed by atoms with Gasteiger partial charge in [0.25, 0.3) is 5.89 Å². The van der Waals surface area contributed by atoms with Gasteiger partial charge in [-0.25, -0.2) is 13.1 Å². The third kappa shape index (κ3) is 4.83. The van der Waals surface area contributed by atoms with Crippen LogP contribution in [0.5, 0.6) is 5.75 Å². The molecule has 0 fully saturated rings. The van der Waals surface area contributed by atoms with Gasteiger partial charge in [-0.3, -0.25) is 4.79 Å². The molecule has 1 unspecified atom stereocenters. The molecular weight excluding hydrogens is 448 g/mol. The number of nitrogens with zero attached hydrogens (tertiary/aromatic N) is 2. The number of carbonyl (C=O) groups excluding carboxylic acids is 1. The molecule has 174 valence electrons. The van der Waals surface area contributed by atoms with E-state index in [9.17, 15) is 18.3 Å². The van der Waals surface area contributed by atoms with Crippen LogP contribution in [0.15, 0.2) is 40.9 Å². The Morgan fingerprint density at radius 3 is 2.88 bits per heavy atom. The number of sulfonamides is 1. The zero-order chi connectivity index (χ0) is 23.6. The number of phenolic OH excluding ortho intramolecular Hbond substituents is 1. The minimum Gasteiger partial charge on any atom is -0.506 e. The zero-order valence-electron chi connectivity index (χ0n) is 18.2. The maximum atomic E-state index is 12.4. The van der Waals surface area contributed by atoms with E-state index in [4.69, 9.17) is 4.52 Å². The van der Waals surface area contributed by atoms with E-state index in [0.717, 1.165) is 16.7 Å². The number of hydrogen-bond acceptors (Lipinski definition) is 9. The fraction of sp³-hybridized carbons (Fsp3) is 0.318. The molecule has 0 saturated carbocycles. The Labute approximate surface area is 191 Å². The van der Waals surface area contributed by atoms with Gasteiger partial charge in [0.1, 0.15) is 5.75 Å². The first-order valence-electron chi connectivity index (χ1n) is 10.3. The summed E-state index contributed by atoms with van der Waals surface area (Å²) < 4.78 is 37.5. The summed E-state index contributed by atoms with van der Waals surface area (Å²) in [5.41, 5.74) is 3.76. The third-order valence-electron chi connectivity index (χ3n) is 5.57. The van der Waals surface area contributed by atoms with Gasteiger partial charge in [-0.05, 0) is 42.2 Å². The standard InChI is InChI=1S/C22H24N4O6S/c1-23-18-12-13(6-9-19(18)27)22-24-21(25-32-22)16-5-3-4-15-14(16)7-8-17(15)26-33(29,30)11-10-20(28)31-2/h3-6,9,12,17,23,26-27H,7-8,10-11H2,1-2H3. The number of anilines is 1. The lowest BCUT2D eigenvalue weighted by molar-refractivity contribution is -0.140. The van der Waals surface area contributed by atoms with Crippen molar-refractivity contribution in [2.24, 2.45) is 0 Å². The second-order valence-corrected chi connectivity index (χ2v) is 9.51. The number of aromatic hydroxyl groups is 1. The van der Waals surface area contributed by atoms with E-state index in [-0.39, 0.29) is 17.9 Å². The number of rotatable bonds is 8. The molecule has 0 saturated heterocycles. The Morgan fingerprint density at radius 1 is 1.30 bits per heavy atom. The number of phenols is 1. The minimum absolute atomic E-state index is 0.113. The average Bonchev–Trinajstić information content (AvgIpc) is 3.45. The molecule has 1 aromatic heterocycles. The van der Waals surface area contributed by atoms with E-state index < -0.39 is 22.0 Å². The Balaban J connectivity index is 1.57. The van der Waals surface area contributed by atoms with Gasteiger partial charge in [0.05, 0.1) is 25.0 Å². The highest BCUT2D eigenvalue weighted by Crippen LogP contribution is 2.38. The molecule has 1 heterocycles. The number of esters is 1. The summed E-state index contributed by atoms with van der Waals surface area (Å²) in [4.78, 5) is 15.8. The number of nitrogens with one attached hydrogen (secondary N) is 2. The van der Waals surface area contributed by atoms with Gasteiger partial charge in [-0.15, -0.1) is 0 Å². The average molecular weight is 473 g/mol. The van der Waals surface area contributed by atoms with Crippen molar-refractivity contribution in [1.82, 2.24) is 14.9 Å². The lowest BCUT2D eigenvalue weighted by atomic mass is 10.0. The fourth-order valence-corrected chi connectivity index (χ4v) is 5.13. The van der Waals surface area contributed by atoms with Crippen LogP contribution in [-0.4, -0.2) is 49.5 Å².